The predicted octanol–water partition coefficient (Wildman–Crippen LogP) is 8.18. The Labute approximate surface area is 328 Å². The summed E-state index contributed by atoms with van der Waals surface area (Å²) in [6.07, 6.45) is 9.90. The van der Waals surface area contributed by atoms with E-state index in [0.29, 0.717) is 44.4 Å². The van der Waals surface area contributed by atoms with Crippen LogP contribution >= 0.6 is 0 Å². The first kappa shape index (κ1) is 41.9. The van der Waals surface area contributed by atoms with E-state index in [-0.39, 0.29) is 30.2 Å². The van der Waals surface area contributed by atoms with E-state index < -0.39 is 31.7 Å². The van der Waals surface area contributed by atoms with Crippen molar-refractivity contribution in [3.05, 3.63) is 71.8 Å². The van der Waals surface area contributed by atoms with Gasteiger partial charge in [0.1, 0.15) is 17.2 Å². The number of alkyl carbamates (subject to hydrolysis) is 1. The molecule has 1 saturated carbocycles. The smallest absolute Gasteiger partial charge is 0.407 e. The second-order valence-electron chi connectivity index (χ2n) is 17.4. The van der Waals surface area contributed by atoms with E-state index >= 15 is 4.79 Å². The highest BCUT2D eigenvalue weighted by molar-refractivity contribution is 6.71. The third kappa shape index (κ3) is 13.8. The summed E-state index contributed by atoms with van der Waals surface area (Å²) < 4.78 is 21.2. The standard InChI is InChI=1S/C44H70N4O5Si/c1-8-9-31-54(6,7)53-44(33-35-21-15-11-16-22-35,28-25-38(32-34-19-13-10-14-20-34)46-42(51)52-43(2,3)4)41(50)47-39(36-23-17-12-18-24-36)40(49)48-29-26-37(45-5)27-30-48/h10-11,13-16,19-22,36-39,45H,8-9,12,17-18,23-33H2,1-7H3,(H,46,51)(H,47,50)/t38-,39-,44+/m0/s1/i11T. The van der Waals surface area contributed by atoms with Crippen LogP contribution in [0.25, 0.3) is 0 Å². The number of carbonyl (C=O) groups is 3. The van der Waals surface area contributed by atoms with Crippen molar-refractivity contribution in [3.8, 4) is 0 Å². The molecule has 1 heterocycles. The van der Waals surface area contributed by atoms with Gasteiger partial charge in [-0.15, -0.1) is 0 Å². The molecule has 2 aromatic carbocycles. The Hall–Kier alpha value is -3.21. The molecule has 1 aliphatic carbocycles. The number of benzene rings is 2. The molecule has 10 heteroatoms. The average Bonchev–Trinajstić information content (AvgIpc) is 3.15. The molecule has 0 aromatic heterocycles. The van der Waals surface area contributed by atoms with E-state index in [1.807, 2.05) is 75.2 Å². The molecule has 0 radical (unpaired) electrons. The van der Waals surface area contributed by atoms with Gasteiger partial charge in [0.15, 0.2) is 8.32 Å². The Morgan fingerprint density at radius 3 is 2.19 bits per heavy atom. The quantitative estimate of drug-likeness (QED) is 0.132. The van der Waals surface area contributed by atoms with Crippen LogP contribution in [0.3, 0.4) is 0 Å². The molecule has 9 nitrogen and oxygen atoms in total. The van der Waals surface area contributed by atoms with Crippen LogP contribution < -0.4 is 16.0 Å². The number of carbonyl (C=O) groups excluding carboxylic acids is 3. The lowest BCUT2D eigenvalue weighted by atomic mass is 9.81. The van der Waals surface area contributed by atoms with Crippen molar-refractivity contribution in [3.63, 3.8) is 0 Å². The molecule has 2 aromatic rings. The molecule has 0 spiro atoms. The molecule has 300 valence electrons. The highest BCUT2D eigenvalue weighted by Crippen LogP contribution is 2.34. The van der Waals surface area contributed by atoms with Crippen LogP contribution in [0, 0.1) is 5.92 Å². The highest BCUT2D eigenvalue weighted by atomic mass is 28.4. The summed E-state index contributed by atoms with van der Waals surface area (Å²) in [4.78, 5) is 45.3. The summed E-state index contributed by atoms with van der Waals surface area (Å²) in [7, 11) is -0.496. The Morgan fingerprint density at radius 2 is 1.57 bits per heavy atom. The van der Waals surface area contributed by atoms with Crippen molar-refractivity contribution < 1.29 is 24.9 Å². The minimum atomic E-state index is -2.47. The lowest BCUT2D eigenvalue weighted by molar-refractivity contribution is -0.146. The van der Waals surface area contributed by atoms with Gasteiger partial charge in [0.25, 0.3) is 5.91 Å². The molecule has 4 rings (SSSR count). The van der Waals surface area contributed by atoms with Crippen LogP contribution in [0.4, 0.5) is 4.79 Å². The minimum absolute atomic E-state index is 0.0123. The second-order valence-corrected chi connectivity index (χ2v) is 21.6. The van der Waals surface area contributed by atoms with Crippen LogP contribution in [-0.4, -0.2) is 80.6 Å². The molecule has 0 unspecified atom stereocenters. The van der Waals surface area contributed by atoms with Gasteiger partial charge in [-0.05, 0) is 109 Å². The van der Waals surface area contributed by atoms with E-state index in [1.165, 1.54) is 0 Å². The van der Waals surface area contributed by atoms with E-state index in [2.05, 4.69) is 36.0 Å². The Morgan fingerprint density at radius 1 is 0.926 bits per heavy atom. The van der Waals surface area contributed by atoms with Gasteiger partial charge < -0.3 is 30.0 Å². The van der Waals surface area contributed by atoms with Gasteiger partial charge in [-0.2, -0.15) is 0 Å². The van der Waals surface area contributed by atoms with E-state index in [0.717, 1.165) is 75.0 Å². The van der Waals surface area contributed by atoms with Gasteiger partial charge in [0.05, 0.1) is 1.37 Å². The zero-order valence-electron chi connectivity index (χ0n) is 35.3. The van der Waals surface area contributed by atoms with Crippen LogP contribution in [0.5, 0.6) is 0 Å². The van der Waals surface area contributed by atoms with E-state index in [4.69, 9.17) is 10.5 Å². The van der Waals surface area contributed by atoms with Crippen LogP contribution in [0.15, 0.2) is 60.6 Å². The van der Waals surface area contributed by atoms with Crippen LogP contribution in [-0.2, 0) is 31.6 Å². The van der Waals surface area contributed by atoms with Crippen molar-refractivity contribution in [1.82, 2.24) is 20.9 Å². The number of ether oxygens (including phenoxy) is 1. The molecule has 3 amide bonds. The van der Waals surface area contributed by atoms with E-state index in [1.54, 1.807) is 12.1 Å². The Balaban J connectivity index is 1.76. The fourth-order valence-corrected chi connectivity index (χ4v) is 10.8. The van der Waals surface area contributed by atoms with Crippen molar-refractivity contribution in [2.24, 2.45) is 5.92 Å². The van der Waals surface area contributed by atoms with Gasteiger partial charge in [-0.1, -0.05) is 99.7 Å². The topological polar surface area (TPSA) is 109 Å². The van der Waals surface area contributed by atoms with Crippen molar-refractivity contribution in [2.75, 3.05) is 20.1 Å². The maximum Gasteiger partial charge on any atom is 0.407 e. The zero-order chi connectivity index (χ0) is 40.1. The summed E-state index contributed by atoms with van der Waals surface area (Å²) in [5.41, 5.74) is -0.0473. The van der Waals surface area contributed by atoms with Crippen molar-refractivity contribution in [1.29, 1.82) is 0 Å². The minimum Gasteiger partial charge on any atom is -0.444 e. The molecule has 0 bridgehead atoms. The number of amides is 3. The van der Waals surface area contributed by atoms with Crippen LogP contribution in [0.1, 0.15) is 111 Å². The van der Waals surface area contributed by atoms with Gasteiger partial charge in [0.2, 0.25) is 5.91 Å². The second kappa shape index (κ2) is 20.6. The normalized spacial score (nSPS) is 18.6. The van der Waals surface area contributed by atoms with Crippen LogP contribution in [0.2, 0.25) is 19.1 Å². The maximum atomic E-state index is 15.5. The molecule has 2 aliphatic rings. The molecular weight excluding hydrogens is 693 g/mol. The summed E-state index contributed by atoms with van der Waals surface area (Å²) in [5, 5.41) is 9.91. The lowest BCUT2D eigenvalue weighted by Crippen LogP contribution is -2.62. The van der Waals surface area contributed by atoms with Gasteiger partial charge in [-0.25, -0.2) is 4.79 Å². The molecule has 54 heavy (non-hydrogen) atoms. The summed E-state index contributed by atoms with van der Waals surface area (Å²) in [5.74, 6) is -0.194. The lowest BCUT2D eigenvalue weighted by Gasteiger charge is -2.43. The molecule has 1 saturated heterocycles. The van der Waals surface area contributed by atoms with Crippen molar-refractivity contribution in [2.45, 2.75) is 160 Å². The summed E-state index contributed by atoms with van der Waals surface area (Å²) in [6.45, 7) is 13.4. The van der Waals surface area contributed by atoms with Gasteiger partial charge in [-0.3, -0.25) is 9.59 Å². The summed E-state index contributed by atoms with van der Waals surface area (Å²) >= 11 is 0. The first-order valence-electron chi connectivity index (χ1n) is 21.2. The number of nitrogens with one attached hydrogen (secondary N) is 3. The Kier molecular flexibility index (Phi) is 16.0. The Bertz CT molecular complexity index is 1490. The largest absolute Gasteiger partial charge is 0.444 e. The third-order valence-corrected chi connectivity index (χ3v) is 13.6. The summed E-state index contributed by atoms with van der Waals surface area (Å²) in [6, 6.07) is 18.0. The average molecular weight is 765 g/mol. The molecule has 2 fully saturated rings. The van der Waals surface area contributed by atoms with Gasteiger partial charge in [0, 0.05) is 31.6 Å². The zero-order valence-corrected chi connectivity index (χ0v) is 35.3. The number of hydrogen-bond acceptors (Lipinski definition) is 6. The fraction of sp³-hybridized carbons (Fsp3) is 0.659. The monoisotopic (exact) mass is 765 g/mol. The highest BCUT2D eigenvalue weighted by Gasteiger charge is 2.47. The molecule has 3 atom stereocenters. The molecular formula is C44H70N4O5Si. The maximum absolute atomic E-state index is 15.5. The van der Waals surface area contributed by atoms with E-state index in [9.17, 15) is 9.59 Å². The number of hydrogen-bond donors (Lipinski definition) is 3. The molecule has 3 N–H and O–H groups in total. The van der Waals surface area contributed by atoms with Crippen molar-refractivity contribution >= 4 is 26.2 Å². The number of nitrogens with zero attached hydrogens (tertiary/aromatic N) is 1. The first-order chi connectivity index (χ1) is 26.1. The molecule has 1 aliphatic heterocycles. The SMILES string of the molecule is [3H]c1ccc(C[C@@](CC[C@@H](Cc2ccccc2)NC(=O)OC(C)(C)C)(O[Si](C)(C)CCCC)C(=O)N[C@H](C(=O)N2CCC(NC)CC2)C2CCCCC2)cc1. The first-order valence-corrected chi connectivity index (χ1v) is 23.8. The number of piperidine rings is 1. The van der Waals surface area contributed by atoms with Gasteiger partial charge >= 0.3 is 6.09 Å². The number of likely N-dealkylation sites (tertiary alicyclic amines) is 1. The fourth-order valence-electron chi connectivity index (χ4n) is 8.18. The third-order valence-electron chi connectivity index (χ3n) is 11.1. The number of rotatable bonds is 18. The predicted molar refractivity (Wildman–Crippen MR) is 221 cm³/mol. The number of unbranched alkanes of at least 4 members (excludes halogenated alkanes) is 1.